The van der Waals surface area contributed by atoms with Crippen molar-refractivity contribution in [2.75, 3.05) is 122 Å². The monoisotopic (exact) mass is 1700 g/mol. The number of carbonyl (C=O) groups excluding carboxylic acids is 5. The Bertz CT molecular complexity index is 4850. The molecule has 0 unspecified atom stereocenters. The molecule has 10 rings (SSSR count). The van der Waals surface area contributed by atoms with Gasteiger partial charge in [0.25, 0.3) is 36.3 Å². The van der Waals surface area contributed by atoms with Gasteiger partial charge in [0.05, 0.1) is 114 Å². The number of nitrogens with one attached hydrogen (secondary N) is 3. The Hall–Kier alpha value is -8.70. The molecule has 642 valence electrons. The van der Waals surface area contributed by atoms with Crippen LogP contribution in [0, 0.1) is 24.2 Å². The molecule has 6 N–H and O–H groups in total. The van der Waals surface area contributed by atoms with Gasteiger partial charge in [0.15, 0.2) is 5.71 Å². The molecule has 2 saturated heterocycles. The van der Waals surface area contributed by atoms with Crippen LogP contribution >= 0.6 is 0 Å². The van der Waals surface area contributed by atoms with Crippen LogP contribution in [-0.4, -0.2) is 224 Å². The first-order chi connectivity index (χ1) is 56.1. The fourth-order valence-corrected chi connectivity index (χ4v) is 17.3. The van der Waals surface area contributed by atoms with Gasteiger partial charge >= 0.3 is 0 Å². The van der Waals surface area contributed by atoms with Gasteiger partial charge in [-0.25, -0.2) is 8.78 Å². The number of hydrogen-bond acceptors (Lipinski definition) is 20. The van der Waals surface area contributed by atoms with E-state index in [-0.39, 0.29) is 93.2 Å². The molecule has 5 heterocycles. The molecule has 4 aromatic rings. The number of rotatable bonds is 45. The Morgan fingerprint density at radius 3 is 2.01 bits per heavy atom. The minimum Gasteiger partial charge on any atom is -0.457 e. The quantitative estimate of drug-likeness (QED) is 0.0136. The summed E-state index contributed by atoms with van der Waals surface area (Å²) in [5.41, 5.74) is 10.4. The van der Waals surface area contributed by atoms with Gasteiger partial charge in [0, 0.05) is 105 Å². The topological polar surface area (TPSA) is 386 Å². The van der Waals surface area contributed by atoms with Gasteiger partial charge in [0.2, 0.25) is 35.2 Å². The Kier molecular flexibility index (Phi) is 32.2. The summed E-state index contributed by atoms with van der Waals surface area (Å²) in [6, 6.07) is 23.2. The zero-order valence-electron chi connectivity index (χ0n) is 67.5. The van der Waals surface area contributed by atoms with Crippen LogP contribution in [0.5, 0.6) is 5.75 Å². The fraction of sp³-hybridized carbons (Fsp3) is 0.536. The molecule has 1 aliphatic carbocycles. The van der Waals surface area contributed by atoms with Gasteiger partial charge in [-0.05, 0) is 154 Å². The van der Waals surface area contributed by atoms with E-state index in [1.165, 1.54) is 12.1 Å². The van der Waals surface area contributed by atoms with Crippen molar-refractivity contribution in [3.05, 3.63) is 165 Å². The van der Waals surface area contributed by atoms with Gasteiger partial charge in [-0.15, -0.1) is 0 Å². The standard InChI is InChI=1S/C84H108F2N8O21S3/c1-58-16-25-72-69(48-58)82(2,3)74(92(72)32-6-8-46-116(100,101)102)27-20-60-12-10-13-61(21-28-75-83(4,5)70-51-67(118(106,107)108)24-26-73(70)93(75)33-7-9-47-117(103,104)105)79(60)115-66-22-17-59(18-23-66)19-29-76(95)88-31-35-110-37-39-112-41-43-114-45-44-113-42-40-111-38-36-109-34-30-77(96)89-54-62-14-11-15-63-55-91(56-68(62)63)78(97)50-64-49-71(90-80(64)98)81(99)94-57-84(85,86)52-65(94)53-87/h11,14-18,20-28,48,51,64-65,71H,6-10,12-13,19,29-47,49-50,52,54-57H2,1-5H3,(H5-,88,89,90,95,96,98,100,101,102,103,104,105,106,107,108)/p+1/t64-,65-,71-/m0/s1. The third-order valence-corrected chi connectivity index (χ3v) is 24.3. The van der Waals surface area contributed by atoms with E-state index in [0.717, 1.165) is 72.9 Å². The molecule has 4 aromatic carbocycles. The Morgan fingerprint density at radius 2 is 1.36 bits per heavy atom. The number of aryl methyl sites for hydroxylation is 2. The van der Waals surface area contributed by atoms with Crippen molar-refractivity contribution in [3.8, 4) is 11.8 Å². The van der Waals surface area contributed by atoms with Gasteiger partial charge in [-0.3, -0.25) is 37.6 Å². The molecular formula is C84H109F2N8O21S3+. The van der Waals surface area contributed by atoms with Crippen LogP contribution in [0.15, 0.2) is 131 Å². The number of benzene rings is 4. The molecule has 3 atom stereocenters. The van der Waals surface area contributed by atoms with E-state index in [4.69, 9.17) is 33.2 Å². The molecule has 6 aliphatic rings. The smallest absolute Gasteiger partial charge is 0.294 e. The first-order valence-electron chi connectivity index (χ1n) is 40.0. The first kappa shape index (κ1) is 91.6. The van der Waals surface area contributed by atoms with E-state index in [9.17, 15) is 76.9 Å². The van der Waals surface area contributed by atoms with E-state index in [2.05, 4.69) is 65.0 Å². The molecular weight excluding hydrogens is 1590 g/mol. The number of nitrogens with zero attached hydrogens (tertiary/aromatic N) is 5. The number of fused-ring (bicyclic) bond motifs is 3. The molecule has 118 heavy (non-hydrogen) atoms. The number of halogens is 2. The van der Waals surface area contributed by atoms with Crippen molar-refractivity contribution in [3.63, 3.8) is 0 Å². The first-order valence-corrected chi connectivity index (χ1v) is 44.7. The summed E-state index contributed by atoms with van der Waals surface area (Å²) in [5, 5.41) is 17.7. The van der Waals surface area contributed by atoms with E-state index >= 15 is 0 Å². The average molecular weight is 1700 g/mol. The van der Waals surface area contributed by atoms with E-state index in [1.807, 2.05) is 80.0 Å². The van der Waals surface area contributed by atoms with Gasteiger partial charge in [-0.2, -0.15) is 35.1 Å². The highest BCUT2D eigenvalue weighted by molar-refractivity contribution is 7.86. The lowest BCUT2D eigenvalue weighted by Crippen LogP contribution is -2.46. The molecule has 0 bridgehead atoms. The lowest BCUT2D eigenvalue weighted by Gasteiger charge is -2.27. The van der Waals surface area contributed by atoms with Crippen molar-refractivity contribution in [2.24, 2.45) is 5.92 Å². The second-order valence-electron chi connectivity index (χ2n) is 31.4. The fourth-order valence-electron chi connectivity index (χ4n) is 15.6. The van der Waals surface area contributed by atoms with Crippen LogP contribution < -0.4 is 25.6 Å². The number of unbranched alkanes of at least 4 members (excludes halogenated alkanes) is 2. The summed E-state index contributed by atoms with van der Waals surface area (Å²) >= 11 is 0. The highest BCUT2D eigenvalue weighted by Crippen LogP contribution is 2.49. The van der Waals surface area contributed by atoms with Crippen LogP contribution in [0.1, 0.15) is 144 Å². The average Bonchev–Trinajstić information content (AvgIpc) is 1.59. The summed E-state index contributed by atoms with van der Waals surface area (Å²) in [5.74, 6) is -5.59. The predicted molar refractivity (Wildman–Crippen MR) is 434 cm³/mol. The number of carbonyl (C=O) groups is 5. The maximum atomic E-state index is 14.0. The maximum absolute atomic E-state index is 14.0. The van der Waals surface area contributed by atoms with Crippen molar-refractivity contribution in [1.82, 2.24) is 25.8 Å². The van der Waals surface area contributed by atoms with E-state index in [1.54, 1.807) is 17.0 Å². The van der Waals surface area contributed by atoms with Crippen molar-refractivity contribution in [1.29, 1.82) is 5.26 Å². The SMILES string of the molecule is Cc1ccc2c(c1)C(C)(C)C(=CC=C1CCCC(C=CC3=[N+](CCCCS(=O)(=O)O)c4ccc(S(=O)(=O)O)cc4C3(C)C)=C1Oc1ccc(CCC(=O)NCCOCCOCCOCCOCCOCCOCCC(=O)NCc3cccc4c3CN(C(=O)C[C@@H]3C[C@@H](C(=O)N5CC(F)(F)C[C@H]5C#N)NC3=O)C4)cc1)N2CCCCS(=O)(=O)O. The molecule has 0 spiro atoms. The van der Waals surface area contributed by atoms with Gasteiger partial charge < -0.3 is 63.8 Å². The number of alkyl halides is 2. The molecule has 2 fully saturated rings. The van der Waals surface area contributed by atoms with E-state index < -0.39 is 95.6 Å². The molecule has 29 nitrogen and oxygen atoms in total. The number of anilines is 1. The van der Waals surface area contributed by atoms with E-state index in [0.29, 0.717) is 147 Å². The molecule has 0 radical (unpaired) electrons. The second-order valence-corrected chi connectivity index (χ2v) is 35.9. The normalized spacial score (nSPS) is 19.5. The molecule has 5 amide bonds. The zero-order valence-corrected chi connectivity index (χ0v) is 69.9. The number of hydrogen-bond donors (Lipinski definition) is 6. The summed E-state index contributed by atoms with van der Waals surface area (Å²) < 4.78 is 171. The lowest BCUT2D eigenvalue weighted by atomic mass is 9.81. The Morgan fingerprint density at radius 1 is 0.712 bits per heavy atom. The predicted octanol–water partition coefficient (Wildman–Crippen LogP) is 8.99. The highest BCUT2D eigenvalue weighted by Gasteiger charge is 2.51. The second kappa shape index (κ2) is 41.5. The summed E-state index contributed by atoms with van der Waals surface area (Å²) in [6.07, 6.45) is 11.3. The summed E-state index contributed by atoms with van der Waals surface area (Å²) in [4.78, 5) is 69.3. The van der Waals surface area contributed by atoms with Crippen LogP contribution in [-0.2, 0) is 120 Å². The minimum atomic E-state index is -4.56. The Labute approximate surface area is 689 Å². The van der Waals surface area contributed by atoms with Gasteiger partial charge in [0.1, 0.15) is 30.1 Å². The lowest BCUT2D eigenvalue weighted by molar-refractivity contribution is -0.438. The minimum absolute atomic E-state index is 0.0458. The molecule has 0 aromatic heterocycles. The third-order valence-electron chi connectivity index (χ3n) is 21.9. The van der Waals surface area contributed by atoms with Crippen LogP contribution in [0.4, 0.5) is 20.2 Å². The van der Waals surface area contributed by atoms with Crippen molar-refractivity contribution < 1.29 is 109 Å². The van der Waals surface area contributed by atoms with Crippen molar-refractivity contribution in [2.45, 2.75) is 171 Å². The van der Waals surface area contributed by atoms with Crippen LogP contribution in [0.2, 0.25) is 0 Å². The molecule has 5 aliphatic heterocycles. The van der Waals surface area contributed by atoms with Crippen LogP contribution in [0.3, 0.4) is 0 Å². The maximum Gasteiger partial charge on any atom is 0.294 e. The highest BCUT2D eigenvalue weighted by atomic mass is 32.2. The zero-order chi connectivity index (χ0) is 85.0. The summed E-state index contributed by atoms with van der Waals surface area (Å²) in [7, 11) is -12.9. The van der Waals surface area contributed by atoms with Gasteiger partial charge in [-0.1, -0.05) is 68.0 Å². The number of ether oxygens (including phenoxy) is 7. The Balaban J connectivity index is 0.600. The summed E-state index contributed by atoms with van der Waals surface area (Å²) in [6.45, 7) is 15.1. The third kappa shape index (κ3) is 25.7. The number of nitriles is 1. The van der Waals surface area contributed by atoms with Crippen LogP contribution in [0.25, 0.3) is 0 Å². The number of amides is 5. The van der Waals surface area contributed by atoms with Crippen molar-refractivity contribution >= 4 is 77.0 Å². The largest absolute Gasteiger partial charge is 0.457 e. The molecule has 0 saturated carbocycles. The number of allylic oxidation sites excluding steroid dienone is 7. The molecule has 34 heteroatoms. The number of likely N-dealkylation sites (tertiary alicyclic amines) is 1.